The minimum absolute atomic E-state index is 0.0357. The van der Waals surface area contributed by atoms with E-state index in [2.05, 4.69) is 29.5 Å². The summed E-state index contributed by atoms with van der Waals surface area (Å²) in [6.07, 6.45) is 7.99. The Bertz CT molecular complexity index is 1590. The molecule has 2 spiro atoms. The quantitative estimate of drug-likeness (QED) is 0.357. The molecule has 5 heterocycles. The van der Waals surface area contributed by atoms with Crippen LogP contribution < -0.4 is 21.1 Å². The number of aryl methyl sites for hydroxylation is 1. The first-order valence-electron chi connectivity index (χ1n) is 16.0. The minimum atomic E-state index is -0.802. The Morgan fingerprint density at radius 1 is 1.27 bits per heavy atom. The van der Waals surface area contributed by atoms with E-state index in [9.17, 15) is 10.1 Å². The molecule has 2 aromatic rings. The zero-order chi connectivity index (χ0) is 31.3. The lowest BCUT2D eigenvalue weighted by Gasteiger charge is -2.48. The number of fused-ring (bicyclic) bond motifs is 2. The van der Waals surface area contributed by atoms with Crippen molar-refractivity contribution in [3.8, 4) is 11.9 Å². The van der Waals surface area contributed by atoms with E-state index < -0.39 is 5.41 Å². The van der Waals surface area contributed by atoms with E-state index in [0.717, 1.165) is 49.1 Å². The van der Waals surface area contributed by atoms with Gasteiger partial charge in [0.2, 0.25) is 5.88 Å². The molecule has 7 rings (SSSR count). The van der Waals surface area contributed by atoms with E-state index >= 15 is 0 Å². The Morgan fingerprint density at radius 2 is 2.07 bits per heavy atom. The van der Waals surface area contributed by atoms with E-state index in [0.29, 0.717) is 80.0 Å². The van der Waals surface area contributed by atoms with Crippen LogP contribution in [-0.2, 0) is 26.1 Å². The number of likely N-dealkylation sites (tertiary alicyclic amines) is 1. The molecular weight excluding hydrogens is 590 g/mol. The number of carbonyl (C=O) groups is 1. The third-order valence-electron chi connectivity index (χ3n) is 10.3. The number of anilines is 2. The van der Waals surface area contributed by atoms with Crippen molar-refractivity contribution in [2.45, 2.75) is 74.5 Å². The van der Waals surface area contributed by atoms with Crippen molar-refractivity contribution in [2.24, 2.45) is 5.73 Å². The first-order chi connectivity index (χ1) is 21.8. The van der Waals surface area contributed by atoms with Gasteiger partial charge in [0.25, 0.3) is 0 Å². The number of likely N-dealkylation sites (N-methyl/N-ethyl adjacent to an activating group) is 1. The number of hydrogen-bond acceptors (Lipinski definition) is 12. The topological polar surface area (TPSA) is 153 Å². The van der Waals surface area contributed by atoms with E-state index in [1.54, 1.807) is 0 Å². The van der Waals surface area contributed by atoms with E-state index in [1.807, 2.05) is 12.1 Å². The average molecular weight is 632 g/mol. The van der Waals surface area contributed by atoms with Gasteiger partial charge in [-0.1, -0.05) is 6.58 Å². The molecule has 0 amide bonds. The number of morpholine rings is 1. The highest BCUT2D eigenvalue weighted by molar-refractivity contribution is 7.16. The summed E-state index contributed by atoms with van der Waals surface area (Å²) < 4.78 is 18.1. The number of nitrogens with two attached hydrogens (primary N) is 2. The highest BCUT2D eigenvalue weighted by atomic mass is 32.1. The Kier molecular flexibility index (Phi) is 7.84. The summed E-state index contributed by atoms with van der Waals surface area (Å²) in [5.74, 6) is 1.30. The number of nitrogen functional groups attached to an aromatic ring is 1. The molecule has 4 N–H and O–H groups in total. The number of rotatable bonds is 6. The van der Waals surface area contributed by atoms with Crippen LogP contribution in [0.3, 0.4) is 0 Å². The normalized spacial score (nSPS) is 28.0. The van der Waals surface area contributed by atoms with Crippen molar-refractivity contribution in [2.75, 3.05) is 57.1 Å². The number of nitrogens with zero attached hydrogens (tertiary/aromatic N) is 5. The average Bonchev–Trinajstić information content (AvgIpc) is 3.62. The maximum absolute atomic E-state index is 14.6. The first-order valence-corrected chi connectivity index (χ1v) is 16.8. The second kappa shape index (κ2) is 11.7. The van der Waals surface area contributed by atoms with Crippen LogP contribution in [0, 0.1) is 11.3 Å². The lowest BCUT2D eigenvalue weighted by atomic mass is 9.61. The summed E-state index contributed by atoms with van der Waals surface area (Å²) in [6, 6.07) is 4.34. The van der Waals surface area contributed by atoms with Crippen molar-refractivity contribution in [1.29, 1.82) is 5.26 Å². The van der Waals surface area contributed by atoms with Crippen LogP contribution in [0.4, 0.5) is 10.8 Å². The Hall–Kier alpha value is -3.50. The van der Waals surface area contributed by atoms with Crippen LogP contribution in [0.1, 0.15) is 66.8 Å². The number of aromatic nitrogens is 2. The summed E-state index contributed by atoms with van der Waals surface area (Å²) >= 11 is 1.44. The van der Waals surface area contributed by atoms with E-state index in [4.69, 9.17) is 35.6 Å². The molecule has 0 bridgehead atoms. The molecule has 238 valence electrons. The van der Waals surface area contributed by atoms with Gasteiger partial charge in [-0.05, 0) is 76.6 Å². The highest BCUT2D eigenvalue weighted by Gasteiger charge is 2.50. The molecule has 2 aliphatic carbocycles. The van der Waals surface area contributed by atoms with E-state index in [1.165, 1.54) is 11.3 Å². The van der Waals surface area contributed by atoms with Crippen LogP contribution in [0.25, 0.3) is 5.70 Å². The lowest BCUT2D eigenvalue weighted by Crippen LogP contribution is -2.63. The predicted molar refractivity (Wildman–Crippen MR) is 172 cm³/mol. The number of hydrogen-bond donors (Lipinski definition) is 2. The predicted octanol–water partition coefficient (Wildman–Crippen LogP) is 3.32. The number of thiophene rings is 1. The van der Waals surface area contributed by atoms with Gasteiger partial charge in [-0.2, -0.15) is 10.2 Å². The smallest absolute Gasteiger partial charge is 0.219 e. The van der Waals surface area contributed by atoms with Gasteiger partial charge in [0.05, 0.1) is 49.1 Å². The van der Waals surface area contributed by atoms with Crippen LogP contribution in [-0.4, -0.2) is 84.9 Å². The zero-order valence-corrected chi connectivity index (χ0v) is 26.7. The standard InChI is InChI=1S/C33H41N7O4S/c1-3-23(22-8-6-12-39(22)2)44-26-15-25(40-13-14-43-32(17-40)18-42-19-32)37-31(38-26)28(35)20-7-4-10-33(29(20)41)11-5-9-24-27(33)21(16-34)30(36)45-24/h3,15,22-23H,1,4-14,17-19,35-36H2,2H3/b28-20-/t22-,23-,33-/m0/s1. The third-order valence-corrected chi connectivity index (χ3v) is 11.4. The zero-order valence-electron chi connectivity index (χ0n) is 25.8. The lowest BCUT2D eigenvalue weighted by molar-refractivity contribution is -0.211. The summed E-state index contributed by atoms with van der Waals surface area (Å²) in [6.45, 7) is 7.97. The van der Waals surface area contributed by atoms with Crippen LogP contribution >= 0.6 is 11.3 Å². The molecule has 11 nitrogen and oxygen atoms in total. The van der Waals surface area contributed by atoms with Crippen LogP contribution in [0.2, 0.25) is 0 Å². The SMILES string of the molecule is C=C[C@H](Oc1cc(N2CCOC3(COC3)C2)nc(/C(N)=C2\CCC[C@@]3(CCCc4sc(N)c(C#N)c43)C2=O)n1)[C@@H]1CCCN1C. The number of ether oxygens (including phenoxy) is 3. The first kappa shape index (κ1) is 30.2. The van der Waals surface area contributed by atoms with Crippen molar-refractivity contribution in [1.82, 2.24) is 14.9 Å². The van der Waals surface area contributed by atoms with Gasteiger partial charge in [-0.15, -0.1) is 11.3 Å². The summed E-state index contributed by atoms with van der Waals surface area (Å²) in [7, 11) is 2.10. The van der Waals surface area contributed by atoms with Crippen molar-refractivity contribution >= 4 is 33.6 Å². The molecule has 12 heteroatoms. The molecule has 45 heavy (non-hydrogen) atoms. The monoisotopic (exact) mass is 631 g/mol. The molecule has 3 saturated heterocycles. The number of carbonyl (C=O) groups excluding carboxylic acids is 1. The fourth-order valence-electron chi connectivity index (χ4n) is 7.99. The maximum atomic E-state index is 14.6. The van der Waals surface area contributed by atoms with Gasteiger partial charge >= 0.3 is 0 Å². The van der Waals surface area contributed by atoms with Gasteiger partial charge in [0.1, 0.15) is 28.6 Å². The molecule has 4 fully saturated rings. The van der Waals surface area contributed by atoms with Gasteiger partial charge in [0.15, 0.2) is 11.6 Å². The second-order valence-electron chi connectivity index (χ2n) is 13.1. The Labute approximate surface area is 267 Å². The molecule has 3 atom stereocenters. The second-order valence-corrected chi connectivity index (χ2v) is 14.2. The third kappa shape index (κ3) is 5.10. The molecule has 2 aromatic heterocycles. The molecular formula is C33H41N7O4S. The minimum Gasteiger partial charge on any atom is -0.468 e. The van der Waals surface area contributed by atoms with Crippen LogP contribution in [0.5, 0.6) is 5.88 Å². The van der Waals surface area contributed by atoms with Gasteiger partial charge in [-0.3, -0.25) is 9.69 Å². The number of nitriles is 1. The highest BCUT2D eigenvalue weighted by Crippen LogP contribution is 2.52. The van der Waals surface area contributed by atoms with Gasteiger partial charge in [0, 0.05) is 23.1 Å². The fourth-order valence-corrected chi connectivity index (χ4v) is 9.15. The largest absolute Gasteiger partial charge is 0.468 e. The Balaban J connectivity index is 1.29. The molecule has 0 unspecified atom stereocenters. The number of ketones is 1. The van der Waals surface area contributed by atoms with Crippen LogP contribution in [0.15, 0.2) is 24.3 Å². The molecule has 0 radical (unpaired) electrons. The fraction of sp³-hybridized carbons (Fsp3) is 0.576. The molecule has 5 aliphatic rings. The number of Topliss-reactive ketones (excluding diaryl/α,β-unsaturated/α-hetero) is 1. The summed E-state index contributed by atoms with van der Waals surface area (Å²) in [4.78, 5) is 29.8. The van der Waals surface area contributed by atoms with Crippen molar-refractivity contribution in [3.05, 3.63) is 46.1 Å². The number of allylic oxidation sites excluding steroid dienone is 1. The molecule has 1 saturated carbocycles. The Morgan fingerprint density at radius 3 is 2.76 bits per heavy atom. The molecule has 0 aromatic carbocycles. The maximum Gasteiger partial charge on any atom is 0.219 e. The van der Waals surface area contributed by atoms with Crippen molar-refractivity contribution in [3.63, 3.8) is 0 Å². The van der Waals surface area contributed by atoms with Gasteiger partial charge < -0.3 is 30.6 Å². The van der Waals surface area contributed by atoms with Gasteiger partial charge in [-0.25, -0.2) is 4.98 Å². The van der Waals surface area contributed by atoms with E-state index in [-0.39, 0.29) is 35.1 Å². The van der Waals surface area contributed by atoms with Crippen molar-refractivity contribution < 1.29 is 19.0 Å². The molecule has 3 aliphatic heterocycles. The summed E-state index contributed by atoms with van der Waals surface area (Å²) in [5.41, 5.74) is 14.1. The summed E-state index contributed by atoms with van der Waals surface area (Å²) in [5, 5.41) is 10.5.